The number of rotatable bonds is 6. The Morgan fingerprint density at radius 1 is 0.857 bits per heavy atom. The summed E-state index contributed by atoms with van der Waals surface area (Å²) in [6.45, 7) is 10.9. The number of hydrogen-bond acceptors (Lipinski definition) is 5. The van der Waals surface area contributed by atoms with Crippen molar-refractivity contribution in [3.8, 4) is 0 Å². The molecule has 0 aliphatic heterocycles. The molecule has 0 saturated carbocycles. The van der Waals surface area contributed by atoms with Crippen molar-refractivity contribution in [3.05, 3.63) is 0 Å². The first kappa shape index (κ1) is 19.4. The molecule has 0 heterocycles. The van der Waals surface area contributed by atoms with Crippen LogP contribution in [0.3, 0.4) is 0 Å². The fourth-order valence-electron chi connectivity index (χ4n) is 1.42. The molecule has 0 aromatic carbocycles. The predicted octanol–water partition coefficient (Wildman–Crippen LogP) is 1.96. The van der Waals surface area contributed by atoms with Gasteiger partial charge in [-0.15, -0.1) is 0 Å². The van der Waals surface area contributed by atoms with Crippen molar-refractivity contribution in [2.75, 3.05) is 6.54 Å². The highest BCUT2D eigenvalue weighted by Crippen LogP contribution is 2.09. The first-order valence-electron chi connectivity index (χ1n) is 7.09. The molecular weight excluding hydrogens is 274 g/mol. The monoisotopic (exact) mass is 301 g/mol. The van der Waals surface area contributed by atoms with Crippen molar-refractivity contribution in [1.82, 2.24) is 5.32 Å². The lowest BCUT2D eigenvalue weighted by atomic mass is 10.2. The van der Waals surface area contributed by atoms with Crippen LogP contribution in [0.15, 0.2) is 0 Å². The zero-order valence-corrected chi connectivity index (χ0v) is 13.9. The fraction of sp³-hybridized carbons (Fsp3) is 0.800. The molecule has 0 spiro atoms. The normalized spacial score (nSPS) is 11.7. The summed E-state index contributed by atoms with van der Waals surface area (Å²) in [5, 5.41) is 2.57. The Morgan fingerprint density at radius 2 is 1.33 bits per heavy atom. The maximum atomic E-state index is 11.5. The van der Waals surface area contributed by atoms with Crippen LogP contribution in [0.5, 0.6) is 0 Å². The highest BCUT2D eigenvalue weighted by Gasteiger charge is 2.19. The topological polar surface area (TPSA) is 81.7 Å². The minimum absolute atomic E-state index is 0.226. The summed E-state index contributed by atoms with van der Waals surface area (Å²) in [6, 6.07) is 0. The maximum Gasteiger partial charge on any atom is 0.315 e. The van der Waals surface area contributed by atoms with Gasteiger partial charge in [0.1, 0.15) is 17.6 Å². The van der Waals surface area contributed by atoms with Crippen LogP contribution >= 0.6 is 0 Å². The molecule has 1 amide bonds. The van der Waals surface area contributed by atoms with Crippen molar-refractivity contribution >= 4 is 17.8 Å². The van der Waals surface area contributed by atoms with Gasteiger partial charge in [-0.1, -0.05) is 0 Å². The van der Waals surface area contributed by atoms with Crippen LogP contribution in [-0.2, 0) is 23.9 Å². The first-order valence-corrected chi connectivity index (χ1v) is 7.09. The summed E-state index contributed by atoms with van der Waals surface area (Å²) in [7, 11) is 0. The van der Waals surface area contributed by atoms with Crippen molar-refractivity contribution in [2.45, 2.75) is 72.0 Å². The van der Waals surface area contributed by atoms with Crippen LogP contribution < -0.4 is 5.32 Å². The highest BCUT2D eigenvalue weighted by molar-refractivity contribution is 5.94. The van der Waals surface area contributed by atoms with E-state index in [0.717, 1.165) is 0 Å². The molecule has 6 nitrogen and oxygen atoms in total. The molecular formula is C15H27NO5. The van der Waals surface area contributed by atoms with Crippen LogP contribution in [0.25, 0.3) is 0 Å². The molecule has 0 unspecified atom stereocenters. The Labute approximate surface area is 126 Å². The lowest BCUT2D eigenvalue weighted by molar-refractivity contribution is -0.157. The van der Waals surface area contributed by atoms with E-state index in [9.17, 15) is 14.4 Å². The standard InChI is InChI=1S/C15H27NO5/c1-14(2,3)20-12(18)8-7-9-16-11(17)10-13(19)21-15(4,5)6/h7-10H2,1-6H3,(H,16,17). The van der Waals surface area contributed by atoms with Gasteiger partial charge in [-0.3, -0.25) is 14.4 Å². The van der Waals surface area contributed by atoms with Crippen molar-refractivity contribution in [2.24, 2.45) is 0 Å². The SMILES string of the molecule is CC(C)(C)OC(=O)CCCNC(=O)CC(=O)OC(C)(C)C. The van der Waals surface area contributed by atoms with Gasteiger partial charge in [0.05, 0.1) is 0 Å². The molecule has 0 aromatic rings. The van der Waals surface area contributed by atoms with Gasteiger partial charge >= 0.3 is 11.9 Å². The highest BCUT2D eigenvalue weighted by atomic mass is 16.6. The largest absolute Gasteiger partial charge is 0.460 e. The van der Waals surface area contributed by atoms with E-state index in [-0.39, 0.29) is 18.8 Å². The number of amides is 1. The molecule has 0 atom stereocenters. The van der Waals surface area contributed by atoms with Gasteiger partial charge in [0.15, 0.2) is 0 Å². The predicted molar refractivity (Wildman–Crippen MR) is 78.6 cm³/mol. The Kier molecular flexibility index (Phi) is 7.39. The van der Waals surface area contributed by atoms with Crippen molar-refractivity contribution in [3.63, 3.8) is 0 Å². The Hall–Kier alpha value is -1.59. The number of nitrogens with one attached hydrogen (secondary N) is 1. The Bertz CT molecular complexity index is 377. The van der Waals surface area contributed by atoms with Gasteiger partial charge < -0.3 is 14.8 Å². The van der Waals surface area contributed by atoms with Crippen LogP contribution in [0.4, 0.5) is 0 Å². The molecule has 1 N–H and O–H groups in total. The van der Waals surface area contributed by atoms with Crippen LogP contribution in [0.1, 0.15) is 60.8 Å². The molecule has 0 aliphatic rings. The van der Waals surface area contributed by atoms with Gasteiger partial charge in [-0.05, 0) is 48.0 Å². The zero-order valence-electron chi connectivity index (χ0n) is 13.9. The second kappa shape index (κ2) is 8.00. The summed E-state index contributed by atoms with van der Waals surface area (Å²) < 4.78 is 10.2. The molecule has 6 heteroatoms. The molecule has 0 bridgehead atoms. The van der Waals surface area contributed by atoms with Gasteiger partial charge in [0.25, 0.3) is 0 Å². The second-order valence-electron chi connectivity index (χ2n) is 6.80. The lowest BCUT2D eigenvalue weighted by Crippen LogP contribution is -2.31. The third-order valence-electron chi connectivity index (χ3n) is 2.02. The minimum Gasteiger partial charge on any atom is -0.460 e. The van der Waals surface area contributed by atoms with E-state index in [4.69, 9.17) is 9.47 Å². The molecule has 122 valence electrons. The van der Waals surface area contributed by atoms with E-state index in [0.29, 0.717) is 13.0 Å². The van der Waals surface area contributed by atoms with Gasteiger partial charge in [0, 0.05) is 13.0 Å². The van der Waals surface area contributed by atoms with Crippen LogP contribution in [0, 0.1) is 0 Å². The molecule has 0 rings (SSSR count). The summed E-state index contributed by atoms with van der Waals surface area (Å²) in [5.41, 5.74) is -1.11. The van der Waals surface area contributed by atoms with Gasteiger partial charge in [0.2, 0.25) is 5.91 Å². The van der Waals surface area contributed by atoms with Crippen molar-refractivity contribution in [1.29, 1.82) is 0 Å². The molecule has 21 heavy (non-hydrogen) atoms. The summed E-state index contributed by atoms with van der Waals surface area (Å²) in [6.07, 6.45) is 0.378. The number of carbonyl (C=O) groups excluding carboxylic acids is 3. The molecule has 0 aliphatic carbocycles. The smallest absolute Gasteiger partial charge is 0.315 e. The van der Waals surface area contributed by atoms with Crippen LogP contribution in [0.2, 0.25) is 0 Å². The third kappa shape index (κ3) is 13.2. The van der Waals surface area contributed by atoms with E-state index in [1.807, 2.05) is 0 Å². The Morgan fingerprint density at radius 3 is 1.81 bits per heavy atom. The molecule has 0 fully saturated rings. The number of hydrogen-bond donors (Lipinski definition) is 1. The van der Waals surface area contributed by atoms with E-state index in [1.165, 1.54) is 0 Å². The average molecular weight is 301 g/mol. The zero-order chi connectivity index (χ0) is 16.7. The molecule has 0 radical (unpaired) electrons. The van der Waals surface area contributed by atoms with E-state index >= 15 is 0 Å². The Balaban J connectivity index is 3.81. The van der Waals surface area contributed by atoms with Crippen LogP contribution in [-0.4, -0.2) is 35.6 Å². The fourth-order valence-corrected chi connectivity index (χ4v) is 1.42. The summed E-state index contributed by atoms with van der Waals surface area (Å²) >= 11 is 0. The summed E-state index contributed by atoms with van der Waals surface area (Å²) in [4.78, 5) is 34.3. The minimum atomic E-state index is -0.603. The number of ether oxygens (including phenoxy) is 2. The van der Waals surface area contributed by atoms with Crippen molar-refractivity contribution < 1.29 is 23.9 Å². The van der Waals surface area contributed by atoms with E-state index < -0.39 is 23.1 Å². The maximum absolute atomic E-state index is 11.5. The first-order chi connectivity index (χ1) is 9.39. The van der Waals surface area contributed by atoms with Gasteiger partial charge in [-0.25, -0.2) is 0 Å². The number of esters is 2. The van der Waals surface area contributed by atoms with Gasteiger partial charge in [-0.2, -0.15) is 0 Å². The lowest BCUT2D eigenvalue weighted by Gasteiger charge is -2.19. The summed E-state index contributed by atoms with van der Waals surface area (Å²) in [5.74, 6) is -1.27. The molecule has 0 aromatic heterocycles. The van der Waals surface area contributed by atoms with E-state index in [1.54, 1.807) is 41.5 Å². The average Bonchev–Trinajstić information content (AvgIpc) is 2.18. The third-order valence-corrected chi connectivity index (χ3v) is 2.02. The van der Waals surface area contributed by atoms with E-state index in [2.05, 4.69) is 5.32 Å². The quantitative estimate of drug-likeness (QED) is 0.461. The number of carbonyl (C=O) groups is 3. The second-order valence-corrected chi connectivity index (χ2v) is 6.80. The molecule has 0 saturated heterocycles.